The zero-order valence-electron chi connectivity index (χ0n) is 18.3. The number of hydrogen-bond donors (Lipinski definition) is 1. The number of hydroxylamine groups is 1. The van der Waals surface area contributed by atoms with Crippen molar-refractivity contribution >= 4 is 23.2 Å². The van der Waals surface area contributed by atoms with Gasteiger partial charge in [-0.25, -0.2) is 9.96 Å². The number of hydrogen-bond acceptors (Lipinski definition) is 6. The number of ether oxygens (including phenoxy) is 1. The summed E-state index contributed by atoms with van der Waals surface area (Å²) in [5.74, 6) is -1.13. The molecule has 2 amide bonds. The Morgan fingerprint density at radius 3 is 2.36 bits per heavy atom. The molecule has 7 nitrogen and oxygen atoms in total. The quantitative estimate of drug-likeness (QED) is 0.596. The maximum atomic E-state index is 13.6. The van der Waals surface area contributed by atoms with Crippen molar-refractivity contribution in [3.05, 3.63) is 83.9 Å². The number of aromatic hydroxyl groups is 1. The van der Waals surface area contributed by atoms with Crippen molar-refractivity contribution < 1.29 is 24.3 Å². The second-order valence-electron chi connectivity index (χ2n) is 8.17. The summed E-state index contributed by atoms with van der Waals surface area (Å²) in [7, 11) is 0. The Labute approximate surface area is 191 Å². The predicted octanol–water partition coefficient (Wildman–Crippen LogP) is 4.15. The van der Waals surface area contributed by atoms with Gasteiger partial charge in [0.1, 0.15) is 5.92 Å². The van der Waals surface area contributed by atoms with E-state index in [1.54, 1.807) is 29.3 Å². The average Bonchev–Trinajstić information content (AvgIpc) is 3.33. The molecule has 2 aliphatic heterocycles. The van der Waals surface area contributed by atoms with Gasteiger partial charge in [0.05, 0.1) is 24.0 Å². The Hall–Kier alpha value is -3.84. The van der Waals surface area contributed by atoms with Crippen molar-refractivity contribution in [3.8, 4) is 11.5 Å². The third kappa shape index (κ3) is 3.50. The van der Waals surface area contributed by atoms with Gasteiger partial charge in [-0.2, -0.15) is 0 Å². The fourth-order valence-corrected chi connectivity index (χ4v) is 4.49. The van der Waals surface area contributed by atoms with Crippen LogP contribution in [0, 0.1) is 12.8 Å². The molecule has 2 fully saturated rings. The Morgan fingerprint density at radius 1 is 0.939 bits per heavy atom. The Bertz CT molecular complexity index is 1200. The zero-order valence-corrected chi connectivity index (χ0v) is 18.3. The lowest BCUT2D eigenvalue weighted by Gasteiger charge is -2.29. The smallest absolute Gasteiger partial charge is 0.266 e. The molecule has 0 radical (unpaired) electrons. The largest absolute Gasteiger partial charge is 0.504 e. The van der Waals surface area contributed by atoms with E-state index in [1.165, 1.54) is 11.0 Å². The highest BCUT2D eigenvalue weighted by molar-refractivity contribution is 6.23. The standard InChI is InChI=1S/C26H24N2O5/c1-3-32-21-15-17(11-14-20(21)29)23-22-24(33-28(23)19-7-5-4-6-8-19)26(31)27(25(22)30)18-12-9-16(2)10-13-18/h4-15,22-24,29H,3H2,1-2H3/t22-,23+,24-/m1/s1. The average molecular weight is 444 g/mol. The number of nitrogens with zero attached hydrogens (tertiary/aromatic N) is 2. The first-order valence-corrected chi connectivity index (χ1v) is 10.9. The topological polar surface area (TPSA) is 79.3 Å². The summed E-state index contributed by atoms with van der Waals surface area (Å²) in [6.07, 6.45) is -0.951. The highest BCUT2D eigenvalue weighted by Gasteiger charge is 2.60. The van der Waals surface area contributed by atoms with Crippen molar-refractivity contribution in [2.24, 2.45) is 5.92 Å². The number of anilines is 2. The van der Waals surface area contributed by atoms with Crippen LogP contribution in [0.1, 0.15) is 24.1 Å². The van der Waals surface area contributed by atoms with E-state index in [2.05, 4.69) is 0 Å². The van der Waals surface area contributed by atoms with Gasteiger partial charge >= 0.3 is 0 Å². The minimum atomic E-state index is -0.951. The summed E-state index contributed by atoms with van der Waals surface area (Å²) in [5, 5.41) is 11.8. The van der Waals surface area contributed by atoms with Gasteiger partial charge in [0.25, 0.3) is 5.91 Å². The van der Waals surface area contributed by atoms with Gasteiger partial charge in [-0.15, -0.1) is 0 Å². The fraction of sp³-hybridized carbons (Fsp3) is 0.231. The Morgan fingerprint density at radius 2 is 1.67 bits per heavy atom. The van der Waals surface area contributed by atoms with Crippen molar-refractivity contribution in [1.29, 1.82) is 0 Å². The van der Waals surface area contributed by atoms with Crippen LogP contribution in [0.4, 0.5) is 11.4 Å². The number of imide groups is 1. The molecule has 2 aliphatic rings. The number of phenolic OH excluding ortho intramolecular Hbond substituents is 1. The monoisotopic (exact) mass is 444 g/mol. The molecule has 33 heavy (non-hydrogen) atoms. The number of phenols is 1. The van der Waals surface area contributed by atoms with Crippen molar-refractivity contribution in [3.63, 3.8) is 0 Å². The number of carbonyl (C=O) groups is 2. The van der Waals surface area contributed by atoms with E-state index in [9.17, 15) is 14.7 Å². The van der Waals surface area contributed by atoms with Crippen LogP contribution >= 0.6 is 0 Å². The third-order valence-corrected chi connectivity index (χ3v) is 6.04. The molecule has 168 valence electrons. The molecule has 0 bridgehead atoms. The highest BCUT2D eigenvalue weighted by atomic mass is 16.7. The fourth-order valence-electron chi connectivity index (χ4n) is 4.49. The Kier molecular flexibility index (Phi) is 5.26. The molecule has 2 heterocycles. The first kappa shape index (κ1) is 21.0. The van der Waals surface area contributed by atoms with E-state index in [4.69, 9.17) is 9.57 Å². The normalized spacial score (nSPS) is 22.1. The number of carbonyl (C=O) groups excluding carboxylic acids is 2. The van der Waals surface area contributed by atoms with E-state index in [-0.39, 0.29) is 17.6 Å². The van der Waals surface area contributed by atoms with E-state index < -0.39 is 18.1 Å². The molecule has 3 aromatic rings. The van der Waals surface area contributed by atoms with Crippen LogP contribution in [-0.2, 0) is 14.4 Å². The molecule has 7 heteroatoms. The van der Waals surface area contributed by atoms with Crippen molar-refractivity contribution in [2.45, 2.75) is 26.0 Å². The van der Waals surface area contributed by atoms with Crippen LogP contribution in [0.25, 0.3) is 0 Å². The second-order valence-corrected chi connectivity index (χ2v) is 8.17. The van der Waals surface area contributed by atoms with Gasteiger partial charge in [0.2, 0.25) is 5.91 Å². The number of aryl methyl sites for hydroxylation is 1. The highest BCUT2D eigenvalue weighted by Crippen LogP contribution is 2.48. The van der Waals surface area contributed by atoms with Crippen molar-refractivity contribution in [2.75, 3.05) is 16.6 Å². The molecular weight excluding hydrogens is 420 g/mol. The molecule has 0 aliphatic carbocycles. The van der Waals surface area contributed by atoms with Crippen LogP contribution in [0.15, 0.2) is 72.8 Å². The first-order valence-electron chi connectivity index (χ1n) is 10.9. The van der Waals surface area contributed by atoms with Gasteiger partial charge in [-0.05, 0) is 55.8 Å². The molecular formula is C26H24N2O5. The molecule has 0 spiro atoms. The molecule has 3 aromatic carbocycles. The Balaban J connectivity index is 1.59. The van der Waals surface area contributed by atoms with Crippen LogP contribution in [0.2, 0.25) is 0 Å². The predicted molar refractivity (Wildman–Crippen MR) is 123 cm³/mol. The lowest BCUT2D eigenvalue weighted by molar-refractivity contribution is -0.126. The maximum Gasteiger partial charge on any atom is 0.266 e. The van der Waals surface area contributed by atoms with Crippen LogP contribution < -0.4 is 14.7 Å². The van der Waals surface area contributed by atoms with Gasteiger partial charge in [0, 0.05) is 0 Å². The van der Waals surface area contributed by atoms with E-state index in [0.29, 0.717) is 23.6 Å². The molecule has 3 atom stereocenters. The molecule has 2 saturated heterocycles. The number of para-hydroxylation sites is 1. The minimum Gasteiger partial charge on any atom is -0.504 e. The van der Waals surface area contributed by atoms with E-state index in [0.717, 1.165) is 11.3 Å². The van der Waals surface area contributed by atoms with Crippen LogP contribution in [0.5, 0.6) is 11.5 Å². The molecule has 0 aromatic heterocycles. The number of amides is 2. The summed E-state index contributed by atoms with van der Waals surface area (Å²) < 4.78 is 5.57. The lowest BCUT2D eigenvalue weighted by atomic mass is 9.90. The second kappa shape index (κ2) is 8.26. The van der Waals surface area contributed by atoms with Gasteiger partial charge in [-0.3, -0.25) is 14.4 Å². The zero-order chi connectivity index (χ0) is 23.1. The van der Waals surface area contributed by atoms with Crippen molar-refractivity contribution in [1.82, 2.24) is 0 Å². The first-order chi connectivity index (χ1) is 16.0. The number of rotatable bonds is 5. The minimum absolute atomic E-state index is 0.0115. The maximum absolute atomic E-state index is 13.6. The number of benzene rings is 3. The summed E-state index contributed by atoms with van der Waals surface area (Å²) in [4.78, 5) is 34.3. The molecule has 5 rings (SSSR count). The van der Waals surface area contributed by atoms with Crippen LogP contribution in [-0.4, -0.2) is 29.6 Å². The molecule has 0 saturated carbocycles. The lowest BCUT2D eigenvalue weighted by Crippen LogP contribution is -2.37. The van der Waals surface area contributed by atoms with Gasteiger partial charge in [0.15, 0.2) is 17.6 Å². The van der Waals surface area contributed by atoms with Gasteiger partial charge < -0.3 is 9.84 Å². The number of fused-ring (bicyclic) bond motifs is 1. The van der Waals surface area contributed by atoms with E-state index >= 15 is 0 Å². The summed E-state index contributed by atoms with van der Waals surface area (Å²) in [5.41, 5.74) is 3.00. The van der Waals surface area contributed by atoms with Crippen LogP contribution in [0.3, 0.4) is 0 Å². The molecule has 0 unspecified atom stereocenters. The van der Waals surface area contributed by atoms with Gasteiger partial charge in [-0.1, -0.05) is 42.0 Å². The molecule has 1 N–H and O–H groups in total. The third-order valence-electron chi connectivity index (χ3n) is 6.04. The SMILES string of the molecule is CCOc1cc([C@H]2[C@H]3C(=O)N(c4ccc(C)cc4)C(=O)[C@@H]3ON2c2ccccc2)ccc1O. The summed E-state index contributed by atoms with van der Waals surface area (Å²) in [6, 6.07) is 21.0. The summed E-state index contributed by atoms with van der Waals surface area (Å²) in [6.45, 7) is 4.16. The van der Waals surface area contributed by atoms with E-state index in [1.807, 2.05) is 56.3 Å². The summed E-state index contributed by atoms with van der Waals surface area (Å²) >= 11 is 0.